The molecule has 0 bridgehead atoms. The summed E-state index contributed by atoms with van der Waals surface area (Å²) in [6.45, 7) is 6.37. The third kappa shape index (κ3) is 3.75. The Morgan fingerprint density at radius 3 is 2.12 bits per heavy atom. The maximum absolute atomic E-state index is 9.72. The standard InChI is InChI=1S/C20H26O4/c1-12(2)15-9-16(20(24-5)19(11-15)23-4)8-13(3)14-6-7-17(21)18(22)10-14/h6-7,9-13,21-22H,8H2,1-5H3. The van der Waals surface area contributed by atoms with Crippen molar-refractivity contribution in [2.24, 2.45) is 0 Å². The van der Waals surface area contributed by atoms with Crippen molar-refractivity contribution in [3.05, 3.63) is 47.0 Å². The second-order valence-corrected chi connectivity index (χ2v) is 6.42. The van der Waals surface area contributed by atoms with Crippen molar-refractivity contribution >= 4 is 0 Å². The molecule has 0 saturated carbocycles. The first-order chi connectivity index (χ1) is 11.4. The van der Waals surface area contributed by atoms with Crippen molar-refractivity contribution in [2.75, 3.05) is 14.2 Å². The average molecular weight is 330 g/mol. The summed E-state index contributed by atoms with van der Waals surface area (Å²) in [6.07, 6.45) is 0.740. The van der Waals surface area contributed by atoms with Crippen LogP contribution in [0.5, 0.6) is 23.0 Å². The fourth-order valence-corrected chi connectivity index (χ4v) is 2.85. The van der Waals surface area contributed by atoms with Gasteiger partial charge in [-0.25, -0.2) is 0 Å². The Labute approximate surface area is 143 Å². The van der Waals surface area contributed by atoms with Crippen molar-refractivity contribution < 1.29 is 19.7 Å². The lowest BCUT2D eigenvalue weighted by atomic mass is 9.90. The van der Waals surface area contributed by atoms with E-state index >= 15 is 0 Å². The summed E-state index contributed by atoms with van der Waals surface area (Å²) in [5.41, 5.74) is 3.23. The van der Waals surface area contributed by atoms with Gasteiger partial charge in [-0.15, -0.1) is 0 Å². The highest BCUT2D eigenvalue weighted by Crippen LogP contribution is 2.38. The van der Waals surface area contributed by atoms with E-state index in [2.05, 4.69) is 26.8 Å². The van der Waals surface area contributed by atoms with Crippen LogP contribution < -0.4 is 9.47 Å². The number of rotatable bonds is 6. The van der Waals surface area contributed by atoms with E-state index in [0.717, 1.165) is 29.0 Å². The topological polar surface area (TPSA) is 58.9 Å². The summed E-state index contributed by atoms with van der Waals surface area (Å²) in [5, 5.41) is 19.2. The maximum Gasteiger partial charge on any atom is 0.163 e. The van der Waals surface area contributed by atoms with Gasteiger partial charge in [0.05, 0.1) is 14.2 Å². The molecule has 0 fully saturated rings. The third-order valence-electron chi connectivity index (χ3n) is 4.34. The third-order valence-corrected chi connectivity index (χ3v) is 4.34. The Morgan fingerprint density at radius 2 is 1.58 bits per heavy atom. The number of hydrogen-bond acceptors (Lipinski definition) is 4. The Morgan fingerprint density at radius 1 is 0.875 bits per heavy atom. The second kappa shape index (κ2) is 7.47. The highest BCUT2D eigenvalue weighted by molar-refractivity contribution is 5.51. The molecule has 1 atom stereocenters. The minimum absolute atomic E-state index is 0.0974. The van der Waals surface area contributed by atoms with Gasteiger partial charge in [0.15, 0.2) is 23.0 Å². The number of phenolic OH excluding ortho intramolecular Hbond substituents is 2. The van der Waals surface area contributed by atoms with Crippen molar-refractivity contribution in [3.8, 4) is 23.0 Å². The molecule has 1 unspecified atom stereocenters. The number of aromatic hydroxyl groups is 2. The summed E-state index contributed by atoms with van der Waals surface area (Å²) in [5.74, 6) is 1.82. The predicted octanol–water partition coefficient (Wildman–Crippen LogP) is 4.58. The molecule has 2 rings (SSSR count). The zero-order valence-corrected chi connectivity index (χ0v) is 15.0. The van der Waals surface area contributed by atoms with Gasteiger partial charge < -0.3 is 19.7 Å². The molecule has 0 amide bonds. The molecule has 24 heavy (non-hydrogen) atoms. The van der Waals surface area contributed by atoms with E-state index in [1.807, 2.05) is 12.1 Å². The minimum atomic E-state index is -0.105. The van der Waals surface area contributed by atoms with Gasteiger partial charge >= 0.3 is 0 Å². The lowest BCUT2D eigenvalue weighted by Gasteiger charge is -2.19. The van der Waals surface area contributed by atoms with Crippen LogP contribution in [0, 0.1) is 0 Å². The zero-order chi connectivity index (χ0) is 17.9. The molecule has 0 heterocycles. The minimum Gasteiger partial charge on any atom is -0.504 e. The van der Waals surface area contributed by atoms with Crippen LogP contribution in [0.25, 0.3) is 0 Å². The largest absolute Gasteiger partial charge is 0.504 e. The molecule has 0 radical (unpaired) electrons. The van der Waals surface area contributed by atoms with Crippen molar-refractivity contribution in [1.29, 1.82) is 0 Å². The van der Waals surface area contributed by atoms with Gasteiger partial charge in [-0.2, -0.15) is 0 Å². The Balaban J connectivity index is 2.39. The summed E-state index contributed by atoms with van der Waals surface area (Å²) in [4.78, 5) is 0. The first kappa shape index (κ1) is 18.0. The average Bonchev–Trinajstić information content (AvgIpc) is 2.56. The highest BCUT2D eigenvalue weighted by atomic mass is 16.5. The number of ether oxygens (including phenoxy) is 2. The van der Waals surface area contributed by atoms with Crippen molar-refractivity contribution in [3.63, 3.8) is 0 Å². The molecule has 0 aliphatic carbocycles. The van der Waals surface area contributed by atoms with E-state index in [-0.39, 0.29) is 17.4 Å². The summed E-state index contributed by atoms with van der Waals surface area (Å²) in [7, 11) is 3.29. The fraction of sp³-hybridized carbons (Fsp3) is 0.400. The molecule has 0 aliphatic heterocycles. The fourth-order valence-electron chi connectivity index (χ4n) is 2.85. The highest BCUT2D eigenvalue weighted by Gasteiger charge is 2.17. The molecule has 0 aromatic heterocycles. The Bertz CT molecular complexity index is 707. The van der Waals surface area contributed by atoms with Gasteiger partial charge in [-0.05, 0) is 53.1 Å². The summed E-state index contributed by atoms with van der Waals surface area (Å²) < 4.78 is 11.1. The zero-order valence-electron chi connectivity index (χ0n) is 15.0. The van der Waals surface area contributed by atoms with Gasteiger partial charge in [0, 0.05) is 0 Å². The van der Waals surface area contributed by atoms with Crippen molar-refractivity contribution in [1.82, 2.24) is 0 Å². The molecule has 130 valence electrons. The number of hydrogen-bond donors (Lipinski definition) is 2. The van der Waals surface area contributed by atoms with Crippen LogP contribution in [-0.2, 0) is 6.42 Å². The lowest BCUT2D eigenvalue weighted by molar-refractivity contribution is 0.350. The number of benzene rings is 2. The first-order valence-corrected chi connectivity index (χ1v) is 8.14. The molecule has 2 aromatic rings. The molecule has 2 aromatic carbocycles. The number of phenols is 2. The van der Waals surface area contributed by atoms with Crippen LogP contribution in [0.3, 0.4) is 0 Å². The van der Waals surface area contributed by atoms with Gasteiger partial charge in [-0.3, -0.25) is 0 Å². The van der Waals surface area contributed by atoms with Crippen LogP contribution in [0.1, 0.15) is 49.3 Å². The second-order valence-electron chi connectivity index (χ2n) is 6.42. The van der Waals surface area contributed by atoms with Gasteiger partial charge in [0.25, 0.3) is 0 Å². The molecule has 0 spiro atoms. The SMILES string of the molecule is COc1cc(C(C)C)cc(CC(C)c2ccc(O)c(O)c2)c1OC. The first-order valence-electron chi connectivity index (χ1n) is 8.14. The maximum atomic E-state index is 9.72. The number of methoxy groups -OCH3 is 2. The van der Waals surface area contributed by atoms with Gasteiger partial charge in [0.2, 0.25) is 0 Å². The smallest absolute Gasteiger partial charge is 0.163 e. The summed E-state index contributed by atoms with van der Waals surface area (Å²) >= 11 is 0. The molecular weight excluding hydrogens is 304 g/mol. The quantitative estimate of drug-likeness (QED) is 0.761. The molecule has 4 nitrogen and oxygen atoms in total. The predicted molar refractivity (Wildman–Crippen MR) is 95.5 cm³/mol. The molecular formula is C20H26O4. The van der Waals surface area contributed by atoms with Crippen LogP contribution in [0.4, 0.5) is 0 Å². The van der Waals surface area contributed by atoms with Crippen molar-refractivity contribution in [2.45, 2.75) is 39.0 Å². The molecule has 0 aliphatic rings. The molecule has 2 N–H and O–H groups in total. The van der Waals surface area contributed by atoms with E-state index in [1.165, 1.54) is 11.6 Å². The summed E-state index contributed by atoms with van der Waals surface area (Å²) in [6, 6.07) is 9.13. The monoisotopic (exact) mass is 330 g/mol. The van der Waals surface area contributed by atoms with E-state index in [4.69, 9.17) is 9.47 Å². The van der Waals surface area contributed by atoms with E-state index in [9.17, 15) is 10.2 Å². The Kier molecular flexibility index (Phi) is 5.60. The normalized spacial score (nSPS) is 12.2. The van der Waals surface area contributed by atoms with Crippen LogP contribution in [0.15, 0.2) is 30.3 Å². The van der Waals surface area contributed by atoms with Gasteiger partial charge in [-0.1, -0.05) is 32.9 Å². The van der Waals surface area contributed by atoms with Crippen LogP contribution in [0.2, 0.25) is 0 Å². The van der Waals surface area contributed by atoms with Crippen LogP contribution in [-0.4, -0.2) is 24.4 Å². The van der Waals surface area contributed by atoms with Gasteiger partial charge in [0.1, 0.15) is 0 Å². The van der Waals surface area contributed by atoms with E-state index in [0.29, 0.717) is 5.92 Å². The molecule has 0 saturated heterocycles. The lowest BCUT2D eigenvalue weighted by Crippen LogP contribution is -2.04. The van der Waals surface area contributed by atoms with Crippen LogP contribution >= 0.6 is 0 Å². The molecule has 4 heteroatoms. The van der Waals surface area contributed by atoms with E-state index in [1.54, 1.807) is 20.3 Å². The van der Waals surface area contributed by atoms with E-state index < -0.39 is 0 Å². The Hall–Kier alpha value is -2.36.